The van der Waals surface area contributed by atoms with Crippen molar-refractivity contribution in [3.05, 3.63) is 59.7 Å². The molecule has 0 unspecified atom stereocenters. The number of para-hydroxylation sites is 2. The Labute approximate surface area is 209 Å². The van der Waals surface area contributed by atoms with E-state index in [0.717, 1.165) is 19.3 Å². The van der Waals surface area contributed by atoms with E-state index in [-0.39, 0.29) is 37.4 Å². The summed E-state index contributed by atoms with van der Waals surface area (Å²) in [5, 5.41) is 5.45. The predicted molar refractivity (Wildman–Crippen MR) is 134 cm³/mol. The normalized spacial score (nSPS) is 14.3. The Morgan fingerprint density at radius 2 is 1.11 bits per heavy atom. The van der Waals surface area contributed by atoms with Crippen LogP contribution in [-0.2, 0) is 19.1 Å². The summed E-state index contributed by atoms with van der Waals surface area (Å²) in [4.78, 5) is 50.5. The van der Waals surface area contributed by atoms with Crippen LogP contribution in [0.25, 0.3) is 0 Å². The van der Waals surface area contributed by atoms with Gasteiger partial charge in [-0.05, 0) is 37.1 Å². The number of rotatable bonds is 10. The van der Waals surface area contributed by atoms with Crippen LogP contribution in [0.2, 0.25) is 0 Å². The zero-order valence-electron chi connectivity index (χ0n) is 20.1. The van der Waals surface area contributed by atoms with Gasteiger partial charge in [-0.25, -0.2) is 9.59 Å². The molecule has 0 aliphatic heterocycles. The number of amides is 2. The molecule has 1 aliphatic carbocycles. The van der Waals surface area contributed by atoms with E-state index in [0.29, 0.717) is 24.2 Å². The van der Waals surface area contributed by atoms with Crippen LogP contribution in [0.4, 0.5) is 11.4 Å². The van der Waals surface area contributed by atoms with Crippen LogP contribution in [-0.4, -0.2) is 50.1 Å². The van der Waals surface area contributed by atoms with Crippen molar-refractivity contribution >= 4 is 35.1 Å². The van der Waals surface area contributed by atoms with Crippen molar-refractivity contribution in [3.63, 3.8) is 0 Å². The van der Waals surface area contributed by atoms with E-state index < -0.39 is 29.2 Å². The van der Waals surface area contributed by atoms with Crippen LogP contribution < -0.4 is 22.1 Å². The van der Waals surface area contributed by atoms with Gasteiger partial charge in [-0.1, -0.05) is 43.5 Å². The molecule has 0 heterocycles. The molecule has 0 atom stereocenters. The van der Waals surface area contributed by atoms with Gasteiger partial charge in [0.15, 0.2) is 0 Å². The number of hydrogen-bond donors (Lipinski definition) is 4. The maximum atomic E-state index is 13.1. The summed E-state index contributed by atoms with van der Waals surface area (Å²) in [6.07, 6.45) is 3.24. The van der Waals surface area contributed by atoms with Crippen molar-refractivity contribution in [2.45, 2.75) is 32.1 Å². The molecule has 2 aromatic carbocycles. The molecule has 0 spiro atoms. The third-order valence-electron chi connectivity index (χ3n) is 6.18. The first-order valence-electron chi connectivity index (χ1n) is 11.9. The van der Waals surface area contributed by atoms with Crippen molar-refractivity contribution in [2.24, 2.45) is 5.41 Å². The van der Waals surface area contributed by atoms with E-state index in [2.05, 4.69) is 10.6 Å². The molecular formula is C26H32N4O6. The Hall–Kier alpha value is -4.08. The van der Waals surface area contributed by atoms with Crippen molar-refractivity contribution in [2.75, 3.05) is 37.8 Å². The second-order valence-electron chi connectivity index (χ2n) is 8.60. The first-order valence-corrected chi connectivity index (χ1v) is 11.9. The highest BCUT2D eigenvalue weighted by Crippen LogP contribution is 2.37. The van der Waals surface area contributed by atoms with Crippen LogP contribution in [0.1, 0.15) is 52.8 Å². The molecule has 0 bridgehead atoms. The average molecular weight is 497 g/mol. The van der Waals surface area contributed by atoms with Gasteiger partial charge in [0.1, 0.15) is 18.6 Å². The number of esters is 2. The highest BCUT2D eigenvalue weighted by molar-refractivity contribution is 6.05. The Bertz CT molecular complexity index is 1020. The van der Waals surface area contributed by atoms with Gasteiger partial charge in [-0.15, -0.1) is 0 Å². The van der Waals surface area contributed by atoms with Crippen LogP contribution in [0.3, 0.4) is 0 Å². The smallest absolute Gasteiger partial charge is 0.340 e. The fourth-order valence-electron chi connectivity index (χ4n) is 4.19. The van der Waals surface area contributed by atoms with E-state index in [1.807, 2.05) is 0 Å². The largest absolute Gasteiger partial charge is 0.460 e. The molecule has 2 amide bonds. The maximum Gasteiger partial charge on any atom is 0.340 e. The van der Waals surface area contributed by atoms with Gasteiger partial charge >= 0.3 is 11.9 Å². The number of benzene rings is 2. The van der Waals surface area contributed by atoms with Crippen molar-refractivity contribution in [3.8, 4) is 0 Å². The van der Waals surface area contributed by atoms with Crippen molar-refractivity contribution in [1.29, 1.82) is 0 Å². The van der Waals surface area contributed by atoms with E-state index >= 15 is 0 Å². The third kappa shape index (κ3) is 6.53. The van der Waals surface area contributed by atoms with Gasteiger partial charge in [-0.3, -0.25) is 9.59 Å². The molecule has 1 aliphatic rings. The fraction of sp³-hybridized carbons (Fsp3) is 0.385. The molecule has 36 heavy (non-hydrogen) atoms. The summed E-state index contributed by atoms with van der Waals surface area (Å²) in [5.41, 5.74) is 11.5. The Kier molecular flexibility index (Phi) is 9.26. The lowest BCUT2D eigenvalue weighted by molar-refractivity contribution is -0.146. The number of anilines is 2. The lowest BCUT2D eigenvalue weighted by Gasteiger charge is -2.34. The molecule has 0 radical (unpaired) electrons. The van der Waals surface area contributed by atoms with Gasteiger partial charge in [0, 0.05) is 11.4 Å². The van der Waals surface area contributed by atoms with Crippen LogP contribution in [0, 0.1) is 5.41 Å². The Balaban J connectivity index is 1.47. The number of ether oxygens (including phenoxy) is 2. The van der Waals surface area contributed by atoms with Gasteiger partial charge in [0.2, 0.25) is 11.8 Å². The highest BCUT2D eigenvalue weighted by Gasteiger charge is 2.46. The molecule has 10 heteroatoms. The SMILES string of the molecule is Nc1ccccc1C(=O)OCCNC(=O)C1(C(=O)NCCOC(=O)c2ccccc2N)CCCCC1. The summed E-state index contributed by atoms with van der Waals surface area (Å²) < 4.78 is 10.4. The van der Waals surface area contributed by atoms with Gasteiger partial charge in [-0.2, -0.15) is 0 Å². The molecule has 10 nitrogen and oxygen atoms in total. The molecule has 3 rings (SSSR count). The van der Waals surface area contributed by atoms with E-state index in [1.165, 1.54) is 0 Å². The van der Waals surface area contributed by atoms with Crippen molar-refractivity contribution in [1.82, 2.24) is 10.6 Å². The number of nitrogens with two attached hydrogens (primary N) is 2. The average Bonchev–Trinajstić information content (AvgIpc) is 2.89. The quantitative estimate of drug-likeness (QED) is 0.168. The second kappa shape index (κ2) is 12.6. The maximum absolute atomic E-state index is 13.1. The number of nitrogen functional groups attached to an aromatic ring is 2. The minimum Gasteiger partial charge on any atom is -0.460 e. The third-order valence-corrected chi connectivity index (χ3v) is 6.18. The minimum atomic E-state index is -1.22. The lowest BCUT2D eigenvalue weighted by atomic mass is 9.72. The van der Waals surface area contributed by atoms with Gasteiger partial charge in [0.05, 0.1) is 24.2 Å². The zero-order valence-corrected chi connectivity index (χ0v) is 20.1. The zero-order chi connectivity index (χ0) is 26.0. The predicted octanol–water partition coefficient (Wildman–Crippen LogP) is 2.05. The molecule has 2 aromatic rings. The highest BCUT2D eigenvalue weighted by atomic mass is 16.5. The van der Waals surface area contributed by atoms with E-state index in [4.69, 9.17) is 20.9 Å². The first kappa shape index (κ1) is 26.5. The molecule has 1 saturated carbocycles. The minimum absolute atomic E-state index is 0.0580. The molecule has 0 aromatic heterocycles. The summed E-state index contributed by atoms with van der Waals surface area (Å²) in [7, 11) is 0. The number of hydrogen-bond acceptors (Lipinski definition) is 8. The van der Waals surface area contributed by atoms with E-state index in [9.17, 15) is 19.2 Å². The van der Waals surface area contributed by atoms with E-state index in [1.54, 1.807) is 48.5 Å². The second-order valence-corrected chi connectivity index (χ2v) is 8.60. The molecule has 192 valence electrons. The molecular weight excluding hydrogens is 464 g/mol. The van der Waals surface area contributed by atoms with Crippen LogP contribution >= 0.6 is 0 Å². The Morgan fingerprint density at radius 3 is 1.53 bits per heavy atom. The molecule has 1 fully saturated rings. The Morgan fingerprint density at radius 1 is 0.694 bits per heavy atom. The monoisotopic (exact) mass is 496 g/mol. The van der Waals surface area contributed by atoms with Crippen LogP contribution in [0.15, 0.2) is 48.5 Å². The summed E-state index contributed by atoms with van der Waals surface area (Å²) in [6, 6.07) is 13.1. The molecule has 0 saturated heterocycles. The van der Waals surface area contributed by atoms with Gasteiger partial charge < -0.3 is 31.6 Å². The lowest BCUT2D eigenvalue weighted by Crippen LogP contribution is -2.53. The summed E-state index contributed by atoms with van der Waals surface area (Å²) >= 11 is 0. The van der Waals surface area contributed by atoms with Crippen LogP contribution in [0.5, 0.6) is 0 Å². The summed E-state index contributed by atoms with van der Waals surface area (Å²) in [6.45, 7) is -0.00471. The summed E-state index contributed by atoms with van der Waals surface area (Å²) in [5.74, 6) is -1.99. The topological polar surface area (TPSA) is 163 Å². The number of carbonyl (C=O) groups excluding carboxylic acids is 4. The van der Waals surface area contributed by atoms with Gasteiger partial charge in [0.25, 0.3) is 0 Å². The standard InChI is InChI=1S/C26H32N4O6/c27-20-10-4-2-8-18(20)22(31)35-16-14-29-24(33)26(12-6-1-7-13-26)25(34)30-15-17-36-23(32)19-9-3-5-11-21(19)28/h2-5,8-11H,1,6-7,12-17,27-28H2,(H,29,33)(H,30,34). The van der Waals surface area contributed by atoms with Crippen molar-refractivity contribution < 1.29 is 28.7 Å². The number of nitrogens with one attached hydrogen (secondary N) is 2. The molecule has 6 N–H and O–H groups in total. The fourth-order valence-corrected chi connectivity index (χ4v) is 4.19. The first-order chi connectivity index (χ1) is 17.3. The number of carbonyl (C=O) groups is 4.